The number of nitriles is 2. The van der Waals surface area contributed by atoms with Crippen LogP contribution < -0.4 is 0 Å². The fraction of sp³-hybridized carbons (Fsp3) is 0.500. The van der Waals surface area contributed by atoms with Crippen molar-refractivity contribution in [3.8, 4) is 12.1 Å². The molecule has 0 radical (unpaired) electrons. The van der Waals surface area contributed by atoms with E-state index in [0.29, 0.717) is 24.0 Å². The molecule has 78 valence electrons. The van der Waals surface area contributed by atoms with Gasteiger partial charge in [-0.25, -0.2) is 0 Å². The van der Waals surface area contributed by atoms with Gasteiger partial charge < -0.3 is 5.11 Å². The molecule has 0 bridgehead atoms. The molecule has 1 rings (SSSR count). The van der Waals surface area contributed by atoms with Crippen LogP contribution >= 0.6 is 0 Å². The minimum atomic E-state index is -0.516. The van der Waals surface area contributed by atoms with Gasteiger partial charge in [-0.2, -0.15) is 10.5 Å². The van der Waals surface area contributed by atoms with E-state index in [0.717, 1.165) is 0 Å². The number of aliphatic hydroxyl groups is 1. The SMILES string of the molecule is CCC(O)C1(C)C=C(C#N)C=C(C#N)C1. The number of hydrogen-bond donors (Lipinski definition) is 1. The Morgan fingerprint density at radius 3 is 2.67 bits per heavy atom. The summed E-state index contributed by atoms with van der Waals surface area (Å²) in [6.45, 7) is 3.77. The molecule has 15 heavy (non-hydrogen) atoms. The highest BCUT2D eigenvalue weighted by Crippen LogP contribution is 2.37. The van der Waals surface area contributed by atoms with Crippen LogP contribution in [0.25, 0.3) is 0 Å². The maximum Gasteiger partial charge on any atom is 0.0988 e. The molecule has 3 nitrogen and oxygen atoms in total. The molecule has 1 aliphatic rings. The summed E-state index contributed by atoms with van der Waals surface area (Å²) >= 11 is 0. The summed E-state index contributed by atoms with van der Waals surface area (Å²) in [5.74, 6) is 0. The Hall–Kier alpha value is -1.58. The van der Waals surface area contributed by atoms with Crippen molar-refractivity contribution in [2.24, 2.45) is 5.41 Å². The van der Waals surface area contributed by atoms with E-state index >= 15 is 0 Å². The lowest BCUT2D eigenvalue weighted by Crippen LogP contribution is -2.32. The van der Waals surface area contributed by atoms with Gasteiger partial charge in [-0.1, -0.05) is 19.9 Å². The van der Waals surface area contributed by atoms with Crippen molar-refractivity contribution in [1.82, 2.24) is 0 Å². The summed E-state index contributed by atoms with van der Waals surface area (Å²) < 4.78 is 0. The molecule has 0 aromatic heterocycles. The zero-order valence-electron chi connectivity index (χ0n) is 8.99. The van der Waals surface area contributed by atoms with E-state index in [1.54, 1.807) is 12.2 Å². The van der Waals surface area contributed by atoms with Gasteiger partial charge in [0.1, 0.15) is 0 Å². The average Bonchev–Trinajstić information content (AvgIpc) is 2.26. The second-order valence-electron chi connectivity index (χ2n) is 4.10. The van der Waals surface area contributed by atoms with Crippen LogP contribution in [0.1, 0.15) is 26.7 Å². The molecule has 0 fully saturated rings. The van der Waals surface area contributed by atoms with Crippen LogP contribution in [0.3, 0.4) is 0 Å². The van der Waals surface area contributed by atoms with Crippen molar-refractivity contribution in [1.29, 1.82) is 10.5 Å². The molecule has 0 aromatic rings. The third-order valence-corrected chi connectivity index (χ3v) is 2.81. The second kappa shape index (κ2) is 4.29. The highest BCUT2D eigenvalue weighted by molar-refractivity contribution is 5.45. The molecule has 1 aliphatic carbocycles. The first-order chi connectivity index (χ1) is 7.05. The Balaban J connectivity index is 3.09. The predicted octanol–water partition coefficient (Wildman–Crippen LogP) is 2.07. The molecule has 0 aromatic carbocycles. The van der Waals surface area contributed by atoms with Crippen molar-refractivity contribution < 1.29 is 5.11 Å². The molecule has 2 unspecified atom stereocenters. The van der Waals surface area contributed by atoms with E-state index in [2.05, 4.69) is 6.07 Å². The Bertz CT molecular complexity index is 395. The third kappa shape index (κ3) is 2.26. The molecule has 0 spiro atoms. The smallest absolute Gasteiger partial charge is 0.0988 e. The van der Waals surface area contributed by atoms with Crippen LogP contribution in [-0.4, -0.2) is 11.2 Å². The van der Waals surface area contributed by atoms with Crippen LogP contribution in [0.4, 0.5) is 0 Å². The van der Waals surface area contributed by atoms with Crippen LogP contribution in [-0.2, 0) is 0 Å². The summed E-state index contributed by atoms with van der Waals surface area (Å²) in [6.07, 6.45) is 3.96. The van der Waals surface area contributed by atoms with Gasteiger partial charge in [0.15, 0.2) is 0 Å². The Morgan fingerprint density at radius 1 is 1.53 bits per heavy atom. The van der Waals surface area contributed by atoms with E-state index in [4.69, 9.17) is 10.5 Å². The molecular weight excluding hydrogens is 188 g/mol. The standard InChI is InChI=1S/C12H14N2O/c1-3-11(15)12(2)5-9(7-13)4-10(6-12)8-14/h4-5,11,15H,3,6H2,1-2H3. The van der Waals surface area contributed by atoms with Gasteiger partial charge in [-0.05, 0) is 18.9 Å². The molecule has 0 amide bonds. The van der Waals surface area contributed by atoms with Gasteiger partial charge in [0.05, 0.1) is 18.2 Å². The quantitative estimate of drug-likeness (QED) is 0.745. The average molecular weight is 202 g/mol. The second-order valence-corrected chi connectivity index (χ2v) is 4.10. The number of nitrogens with zero attached hydrogens (tertiary/aromatic N) is 2. The van der Waals surface area contributed by atoms with Gasteiger partial charge in [0.2, 0.25) is 0 Å². The topological polar surface area (TPSA) is 67.8 Å². The van der Waals surface area contributed by atoms with Gasteiger partial charge >= 0.3 is 0 Å². The third-order valence-electron chi connectivity index (χ3n) is 2.81. The van der Waals surface area contributed by atoms with Crippen LogP contribution in [0.2, 0.25) is 0 Å². The minimum Gasteiger partial charge on any atom is -0.392 e. The largest absolute Gasteiger partial charge is 0.392 e. The number of rotatable bonds is 2. The molecule has 1 N–H and O–H groups in total. The summed E-state index contributed by atoms with van der Waals surface area (Å²) in [7, 11) is 0. The maximum absolute atomic E-state index is 9.88. The van der Waals surface area contributed by atoms with Crippen molar-refractivity contribution >= 4 is 0 Å². The first-order valence-electron chi connectivity index (χ1n) is 4.97. The number of allylic oxidation sites excluding steroid dienone is 3. The zero-order valence-corrected chi connectivity index (χ0v) is 8.99. The van der Waals surface area contributed by atoms with E-state index < -0.39 is 11.5 Å². The first-order valence-corrected chi connectivity index (χ1v) is 4.97. The Morgan fingerprint density at radius 2 is 2.20 bits per heavy atom. The normalized spacial score (nSPS) is 27.0. The molecule has 0 saturated carbocycles. The summed E-state index contributed by atoms with van der Waals surface area (Å²) in [5.41, 5.74) is 0.538. The van der Waals surface area contributed by atoms with Crippen LogP contribution in [0.5, 0.6) is 0 Å². The van der Waals surface area contributed by atoms with Crippen molar-refractivity contribution in [2.75, 3.05) is 0 Å². The highest BCUT2D eigenvalue weighted by atomic mass is 16.3. The molecular formula is C12H14N2O. The number of aliphatic hydroxyl groups excluding tert-OH is 1. The lowest BCUT2D eigenvalue weighted by atomic mass is 9.73. The molecule has 3 heteroatoms. The summed E-state index contributed by atoms with van der Waals surface area (Å²) in [6, 6.07) is 4.09. The Labute approximate surface area is 89.9 Å². The molecule has 2 atom stereocenters. The zero-order chi connectivity index (χ0) is 11.5. The fourth-order valence-corrected chi connectivity index (χ4v) is 1.91. The van der Waals surface area contributed by atoms with E-state index in [-0.39, 0.29) is 0 Å². The van der Waals surface area contributed by atoms with Crippen LogP contribution in [0.15, 0.2) is 23.3 Å². The number of hydrogen-bond acceptors (Lipinski definition) is 3. The summed E-state index contributed by atoms with van der Waals surface area (Å²) in [4.78, 5) is 0. The maximum atomic E-state index is 9.88. The van der Waals surface area contributed by atoms with Gasteiger partial charge in [-0.15, -0.1) is 0 Å². The van der Waals surface area contributed by atoms with Gasteiger partial charge in [-0.3, -0.25) is 0 Å². The summed E-state index contributed by atoms with van der Waals surface area (Å²) in [5, 5.41) is 27.6. The Kier molecular flexibility index (Phi) is 3.29. The van der Waals surface area contributed by atoms with Crippen molar-refractivity contribution in [3.63, 3.8) is 0 Å². The van der Waals surface area contributed by atoms with Gasteiger partial charge in [0.25, 0.3) is 0 Å². The molecule has 0 aliphatic heterocycles. The molecule has 0 heterocycles. The fourth-order valence-electron chi connectivity index (χ4n) is 1.91. The minimum absolute atomic E-state index is 0.466. The highest BCUT2D eigenvalue weighted by Gasteiger charge is 2.33. The first kappa shape index (κ1) is 11.5. The lowest BCUT2D eigenvalue weighted by Gasteiger charge is -2.33. The molecule has 0 saturated heterocycles. The predicted molar refractivity (Wildman–Crippen MR) is 56.4 cm³/mol. The van der Waals surface area contributed by atoms with Crippen LogP contribution in [0, 0.1) is 28.1 Å². The van der Waals surface area contributed by atoms with Gasteiger partial charge in [0, 0.05) is 16.6 Å². The lowest BCUT2D eigenvalue weighted by molar-refractivity contribution is 0.0664. The monoisotopic (exact) mass is 202 g/mol. The van der Waals surface area contributed by atoms with E-state index in [1.807, 2.05) is 19.9 Å². The van der Waals surface area contributed by atoms with E-state index in [9.17, 15) is 5.11 Å². The van der Waals surface area contributed by atoms with Crippen molar-refractivity contribution in [2.45, 2.75) is 32.8 Å². The van der Waals surface area contributed by atoms with Crippen molar-refractivity contribution in [3.05, 3.63) is 23.3 Å². The van der Waals surface area contributed by atoms with E-state index in [1.165, 1.54) is 0 Å².